The normalized spacial score (nSPS) is 23.3. The van der Waals surface area contributed by atoms with Crippen LogP contribution in [0.2, 0.25) is 0 Å². The molecule has 5 N–H and O–H groups in total. The number of thiazole rings is 1. The molecular formula is C43H61N7O6S. The number of allylic oxidation sites excluding steroid dienone is 2. The predicted octanol–water partition coefficient (Wildman–Crippen LogP) is 7.39. The summed E-state index contributed by atoms with van der Waals surface area (Å²) in [5.41, 5.74) is 14.4. The zero-order chi connectivity index (χ0) is 41.0. The number of hydrogen-bond donors (Lipinski definition) is 3. The Morgan fingerprint density at radius 3 is 2.46 bits per heavy atom. The second kappa shape index (κ2) is 18.0. The van der Waals surface area contributed by atoms with Crippen LogP contribution in [0.4, 0.5) is 4.79 Å². The number of alkyl carbamates (subject to hydrolysis) is 1. The molecule has 0 spiro atoms. The molecule has 4 amide bonds. The zero-order valence-corrected chi connectivity index (χ0v) is 35.2. The van der Waals surface area contributed by atoms with E-state index >= 15 is 0 Å². The van der Waals surface area contributed by atoms with Crippen LogP contribution in [-0.4, -0.2) is 73.6 Å². The standard InChI is InChI=1S/C43H61N7O6S/c1-25(2)50-33-21-15-19-29(39-46-32(24-57-39)27-16-12-10-13-17-27)35(33)48-41(50)55-34-23-49(36(26(34)3)38(45)52)40(53)31(47-42(54)56-43(4,5)6)20-14-9-7-8-11-18-28-22-30(28)37(44)51/h11,15,18-19,21,24-28,30-31,34,36H,7-10,12-14,16-17,20,22-23H2,1-6H3,(H2,44,51)(H2,45,52)(H,47,54)/b18-11-/t26-,28?,30+,31+,34+,36+/m1/s1. The van der Waals surface area contributed by atoms with Gasteiger partial charge in [-0.3, -0.25) is 19.0 Å². The summed E-state index contributed by atoms with van der Waals surface area (Å²) in [7, 11) is 0. The predicted molar refractivity (Wildman–Crippen MR) is 222 cm³/mol. The van der Waals surface area contributed by atoms with Crippen LogP contribution in [0.15, 0.2) is 35.7 Å². The summed E-state index contributed by atoms with van der Waals surface area (Å²) in [6.07, 6.45) is 13.3. The Balaban J connectivity index is 1.18. The van der Waals surface area contributed by atoms with Crippen molar-refractivity contribution in [1.29, 1.82) is 0 Å². The minimum absolute atomic E-state index is 0.00519. The Morgan fingerprint density at radius 2 is 1.79 bits per heavy atom. The third-order valence-corrected chi connectivity index (χ3v) is 12.4. The van der Waals surface area contributed by atoms with E-state index in [1.165, 1.54) is 37.0 Å². The maximum Gasteiger partial charge on any atom is 0.408 e. The molecular weight excluding hydrogens is 743 g/mol. The quantitative estimate of drug-likeness (QED) is 0.0989. The van der Waals surface area contributed by atoms with Gasteiger partial charge in [-0.05, 0) is 91.2 Å². The number of benzene rings is 1. The third-order valence-electron chi connectivity index (χ3n) is 11.5. The van der Waals surface area contributed by atoms with Gasteiger partial charge in [0.2, 0.25) is 17.7 Å². The molecule has 0 bridgehead atoms. The number of primary amides is 2. The van der Waals surface area contributed by atoms with Crippen LogP contribution in [0, 0.1) is 17.8 Å². The number of carbonyl (C=O) groups is 4. The highest BCUT2D eigenvalue weighted by Gasteiger charge is 2.48. The Kier molecular flexibility index (Phi) is 13.3. The fourth-order valence-corrected chi connectivity index (χ4v) is 9.37. The number of nitrogens with one attached hydrogen (secondary N) is 1. The molecule has 1 aromatic carbocycles. The highest BCUT2D eigenvalue weighted by Crippen LogP contribution is 2.40. The molecule has 2 aliphatic carbocycles. The van der Waals surface area contributed by atoms with Gasteiger partial charge in [-0.2, -0.15) is 4.98 Å². The Morgan fingerprint density at radius 1 is 1.04 bits per heavy atom. The van der Waals surface area contributed by atoms with E-state index in [-0.39, 0.29) is 30.3 Å². The number of nitrogens with zero attached hydrogens (tertiary/aromatic N) is 4. The Bertz CT molecular complexity index is 1940. The van der Waals surface area contributed by atoms with E-state index < -0.39 is 47.6 Å². The molecule has 0 radical (unpaired) electrons. The van der Waals surface area contributed by atoms with Crippen molar-refractivity contribution in [3.05, 3.63) is 41.4 Å². The van der Waals surface area contributed by atoms with E-state index in [4.69, 9.17) is 30.9 Å². The van der Waals surface area contributed by atoms with E-state index in [1.807, 2.05) is 23.6 Å². The van der Waals surface area contributed by atoms with E-state index in [2.05, 4.69) is 42.8 Å². The number of ether oxygens (including phenoxy) is 2. The van der Waals surface area contributed by atoms with Crippen molar-refractivity contribution >= 4 is 46.2 Å². The summed E-state index contributed by atoms with van der Waals surface area (Å²) in [5, 5.41) is 5.91. The molecule has 6 atom stereocenters. The zero-order valence-electron chi connectivity index (χ0n) is 34.4. The first-order valence-electron chi connectivity index (χ1n) is 20.8. The molecule has 57 heavy (non-hydrogen) atoms. The van der Waals surface area contributed by atoms with Gasteiger partial charge in [-0.15, -0.1) is 11.3 Å². The Labute approximate surface area is 340 Å². The van der Waals surface area contributed by atoms with Crippen molar-refractivity contribution < 1.29 is 28.7 Å². The van der Waals surface area contributed by atoms with Crippen molar-refractivity contribution in [2.75, 3.05) is 6.54 Å². The number of imidazole rings is 1. The van der Waals surface area contributed by atoms with Crippen LogP contribution in [0.3, 0.4) is 0 Å². The molecule has 310 valence electrons. The first-order valence-corrected chi connectivity index (χ1v) is 21.7. The smallest absolute Gasteiger partial charge is 0.408 e. The molecule has 14 heteroatoms. The van der Waals surface area contributed by atoms with E-state index in [0.717, 1.165) is 53.0 Å². The first-order chi connectivity index (χ1) is 27.1. The van der Waals surface area contributed by atoms with Crippen LogP contribution >= 0.6 is 11.3 Å². The van der Waals surface area contributed by atoms with Crippen molar-refractivity contribution in [3.8, 4) is 16.6 Å². The number of unbranched alkanes of at least 4 members (excludes halogenated alkanes) is 3. The average molecular weight is 804 g/mol. The molecule has 2 aromatic heterocycles. The number of amides is 4. The highest BCUT2D eigenvalue weighted by molar-refractivity contribution is 7.13. The summed E-state index contributed by atoms with van der Waals surface area (Å²) in [4.78, 5) is 63.4. The van der Waals surface area contributed by atoms with Gasteiger partial charge in [0.05, 0.1) is 17.8 Å². The van der Waals surface area contributed by atoms with Gasteiger partial charge in [0.15, 0.2) is 0 Å². The van der Waals surface area contributed by atoms with Crippen LogP contribution in [0.5, 0.6) is 6.01 Å². The SMILES string of the molecule is CC(C)n1c(O[C@H]2CN(C(=O)[C@H](CCCCC/C=C\C3C[C@@H]3C(N)=O)NC(=O)OC(C)(C)C)[C@H](C(N)=O)[C@@H]2C)nc2c(-c3nc(C4CCCCC4)cs3)cccc21. The fraction of sp³-hybridized carbons (Fsp3) is 0.628. The number of rotatable bonds is 16. The molecule has 3 aliphatic rings. The van der Waals surface area contributed by atoms with Gasteiger partial charge >= 0.3 is 6.09 Å². The van der Waals surface area contributed by atoms with E-state index in [0.29, 0.717) is 24.8 Å². The van der Waals surface area contributed by atoms with E-state index in [1.54, 1.807) is 32.1 Å². The maximum absolute atomic E-state index is 14.4. The van der Waals surface area contributed by atoms with Gasteiger partial charge in [-0.25, -0.2) is 9.78 Å². The molecule has 3 aromatic rings. The lowest BCUT2D eigenvalue weighted by Gasteiger charge is -2.29. The average Bonchev–Trinajstić information content (AvgIpc) is 3.43. The molecule has 1 aliphatic heterocycles. The lowest BCUT2D eigenvalue weighted by atomic mass is 9.87. The summed E-state index contributed by atoms with van der Waals surface area (Å²) < 4.78 is 14.3. The van der Waals surface area contributed by atoms with E-state index in [9.17, 15) is 19.2 Å². The van der Waals surface area contributed by atoms with Gasteiger partial charge in [0, 0.05) is 34.7 Å². The molecule has 1 saturated heterocycles. The number of carbonyl (C=O) groups excluding carboxylic acids is 4. The number of fused-ring (bicyclic) bond motifs is 1. The lowest BCUT2D eigenvalue weighted by molar-refractivity contribution is -0.139. The molecule has 3 fully saturated rings. The second-order valence-electron chi connectivity index (χ2n) is 17.5. The van der Waals surface area contributed by atoms with Crippen molar-refractivity contribution in [3.63, 3.8) is 0 Å². The van der Waals surface area contributed by atoms with Crippen molar-refractivity contribution in [2.24, 2.45) is 29.2 Å². The number of para-hydroxylation sites is 1. The molecule has 2 saturated carbocycles. The monoisotopic (exact) mass is 803 g/mol. The van der Waals surface area contributed by atoms with Crippen molar-refractivity contribution in [2.45, 2.75) is 148 Å². The topological polar surface area (TPSA) is 185 Å². The molecule has 1 unspecified atom stereocenters. The number of nitrogens with two attached hydrogens (primary N) is 2. The first kappa shape index (κ1) is 42.2. The second-order valence-corrected chi connectivity index (χ2v) is 18.3. The fourth-order valence-electron chi connectivity index (χ4n) is 8.45. The van der Waals surface area contributed by atoms with Gasteiger partial charge in [0.25, 0.3) is 6.01 Å². The minimum atomic E-state index is -0.955. The van der Waals surface area contributed by atoms with Crippen LogP contribution in [0.25, 0.3) is 21.6 Å². The van der Waals surface area contributed by atoms with Gasteiger partial charge in [0.1, 0.15) is 34.3 Å². The molecule has 3 heterocycles. The number of hydrogen-bond acceptors (Lipinski definition) is 9. The van der Waals surface area contributed by atoms with Crippen molar-refractivity contribution in [1.82, 2.24) is 24.8 Å². The summed E-state index contributed by atoms with van der Waals surface area (Å²) in [5.74, 6) is -1.07. The number of likely N-dealkylation sites (tertiary alicyclic amines) is 1. The summed E-state index contributed by atoms with van der Waals surface area (Å²) in [6, 6.07) is 4.61. The lowest BCUT2D eigenvalue weighted by Crippen LogP contribution is -2.54. The molecule has 6 rings (SSSR count). The van der Waals surface area contributed by atoms with Crippen LogP contribution < -0.4 is 21.5 Å². The minimum Gasteiger partial charge on any atom is -0.459 e. The third kappa shape index (κ3) is 10.2. The summed E-state index contributed by atoms with van der Waals surface area (Å²) >= 11 is 1.65. The Hall–Kier alpha value is -4.46. The largest absolute Gasteiger partial charge is 0.459 e. The van der Waals surface area contributed by atoms with Crippen LogP contribution in [-0.2, 0) is 19.1 Å². The van der Waals surface area contributed by atoms with Crippen LogP contribution in [0.1, 0.15) is 130 Å². The number of aromatic nitrogens is 3. The van der Waals surface area contributed by atoms with Gasteiger partial charge < -0.3 is 31.2 Å². The van der Waals surface area contributed by atoms with Gasteiger partial charge in [-0.1, -0.05) is 57.2 Å². The maximum atomic E-state index is 14.4. The summed E-state index contributed by atoms with van der Waals surface area (Å²) in [6.45, 7) is 11.4. The molecule has 13 nitrogen and oxygen atoms in total. The highest BCUT2D eigenvalue weighted by atomic mass is 32.1.